The third-order valence-electron chi connectivity index (χ3n) is 3.44. The number of piperidine rings is 1. The van der Waals surface area contributed by atoms with E-state index in [1.54, 1.807) is 0 Å². The molecule has 0 amide bonds. The fourth-order valence-electron chi connectivity index (χ4n) is 2.36. The van der Waals surface area contributed by atoms with Crippen molar-refractivity contribution in [2.24, 2.45) is 0 Å². The second-order valence-electron chi connectivity index (χ2n) is 5.33. The topological polar surface area (TPSA) is 87.9 Å². The molecule has 0 aromatic carbocycles. The standard InChI is InChI=1S/C12H17N5O2S/c1-7(2)9-13-11(20-16-9)17-5-3-4-8(6-17)10-14-15-12(18)19-10/h7-8H,3-6H2,1-2H3,(H,15,18)/t8-/m1/s1. The molecule has 0 radical (unpaired) electrons. The van der Waals surface area contributed by atoms with Gasteiger partial charge in [0.15, 0.2) is 0 Å². The average molecular weight is 295 g/mol. The Balaban J connectivity index is 1.75. The highest BCUT2D eigenvalue weighted by molar-refractivity contribution is 7.09. The molecule has 0 aliphatic carbocycles. The zero-order valence-corrected chi connectivity index (χ0v) is 12.3. The lowest BCUT2D eigenvalue weighted by molar-refractivity contribution is 0.385. The van der Waals surface area contributed by atoms with Crippen molar-refractivity contribution in [1.82, 2.24) is 19.6 Å². The van der Waals surface area contributed by atoms with Crippen LogP contribution in [-0.2, 0) is 0 Å². The lowest BCUT2D eigenvalue weighted by atomic mass is 9.98. The molecule has 0 saturated carbocycles. The SMILES string of the molecule is CC(C)c1nsc(N2CCC[C@@H](c3n[nH]c(=O)o3)C2)n1. The van der Waals surface area contributed by atoms with Crippen molar-refractivity contribution >= 4 is 16.7 Å². The van der Waals surface area contributed by atoms with E-state index in [0.29, 0.717) is 11.8 Å². The molecule has 8 heteroatoms. The van der Waals surface area contributed by atoms with E-state index in [9.17, 15) is 4.79 Å². The number of nitrogens with one attached hydrogen (secondary N) is 1. The number of aromatic nitrogens is 4. The Labute approximate surface area is 120 Å². The summed E-state index contributed by atoms with van der Waals surface area (Å²) in [6.45, 7) is 5.89. The summed E-state index contributed by atoms with van der Waals surface area (Å²) in [4.78, 5) is 17.8. The number of rotatable bonds is 3. The maximum Gasteiger partial charge on any atom is 0.434 e. The first-order chi connectivity index (χ1) is 9.63. The normalized spacial score (nSPS) is 19.8. The van der Waals surface area contributed by atoms with Crippen molar-refractivity contribution in [3.63, 3.8) is 0 Å². The third kappa shape index (κ3) is 2.60. The molecule has 1 fully saturated rings. The van der Waals surface area contributed by atoms with Crippen LogP contribution in [0.4, 0.5) is 5.13 Å². The predicted molar refractivity (Wildman–Crippen MR) is 75.3 cm³/mol. The Morgan fingerprint density at radius 2 is 2.35 bits per heavy atom. The van der Waals surface area contributed by atoms with Gasteiger partial charge in [-0.1, -0.05) is 13.8 Å². The smallest absolute Gasteiger partial charge is 0.392 e. The Morgan fingerprint density at radius 3 is 3.00 bits per heavy atom. The van der Waals surface area contributed by atoms with Crippen LogP contribution in [0.5, 0.6) is 0 Å². The molecule has 1 saturated heterocycles. The van der Waals surface area contributed by atoms with Crippen LogP contribution in [0.2, 0.25) is 0 Å². The van der Waals surface area contributed by atoms with Crippen LogP contribution in [-0.4, -0.2) is 32.6 Å². The van der Waals surface area contributed by atoms with Crippen LogP contribution in [0.3, 0.4) is 0 Å². The van der Waals surface area contributed by atoms with Crippen LogP contribution in [0, 0.1) is 0 Å². The van der Waals surface area contributed by atoms with E-state index in [0.717, 1.165) is 36.9 Å². The maximum atomic E-state index is 11.0. The first kappa shape index (κ1) is 13.3. The molecule has 3 rings (SSSR count). The molecular weight excluding hydrogens is 278 g/mol. The number of anilines is 1. The molecule has 1 aliphatic rings. The third-order valence-corrected chi connectivity index (χ3v) is 4.23. The van der Waals surface area contributed by atoms with Gasteiger partial charge in [-0.3, -0.25) is 0 Å². The lowest BCUT2D eigenvalue weighted by Crippen LogP contribution is -2.34. The predicted octanol–water partition coefficient (Wildman–Crippen LogP) is 1.72. The monoisotopic (exact) mass is 295 g/mol. The number of nitrogens with zero attached hydrogens (tertiary/aromatic N) is 4. The van der Waals surface area contributed by atoms with E-state index in [1.165, 1.54) is 11.5 Å². The van der Waals surface area contributed by atoms with Gasteiger partial charge < -0.3 is 9.32 Å². The van der Waals surface area contributed by atoms with Crippen molar-refractivity contribution < 1.29 is 4.42 Å². The number of H-pyrrole nitrogens is 1. The van der Waals surface area contributed by atoms with Gasteiger partial charge in [0.2, 0.25) is 11.0 Å². The van der Waals surface area contributed by atoms with Crippen molar-refractivity contribution in [1.29, 1.82) is 0 Å². The van der Waals surface area contributed by atoms with E-state index in [1.807, 2.05) is 0 Å². The summed E-state index contributed by atoms with van der Waals surface area (Å²) in [6.07, 6.45) is 2.00. The van der Waals surface area contributed by atoms with E-state index < -0.39 is 5.76 Å². The Morgan fingerprint density at radius 1 is 1.50 bits per heavy atom. The summed E-state index contributed by atoms with van der Waals surface area (Å²) in [5.74, 6) is 1.36. The van der Waals surface area contributed by atoms with Crippen molar-refractivity contribution in [2.75, 3.05) is 18.0 Å². The molecule has 108 valence electrons. The molecule has 3 heterocycles. The molecule has 20 heavy (non-hydrogen) atoms. The van der Waals surface area contributed by atoms with E-state index in [2.05, 4.69) is 38.3 Å². The summed E-state index contributed by atoms with van der Waals surface area (Å²) in [6, 6.07) is 0. The second kappa shape index (κ2) is 5.35. The molecule has 0 bridgehead atoms. The van der Waals surface area contributed by atoms with Gasteiger partial charge in [0.05, 0.1) is 5.92 Å². The molecule has 1 atom stereocenters. The van der Waals surface area contributed by atoms with E-state index in [-0.39, 0.29) is 5.92 Å². The highest BCUT2D eigenvalue weighted by Gasteiger charge is 2.27. The van der Waals surface area contributed by atoms with Gasteiger partial charge in [-0.05, 0) is 12.8 Å². The summed E-state index contributed by atoms with van der Waals surface area (Å²) in [5.41, 5.74) is 0. The number of hydrogen-bond acceptors (Lipinski definition) is 7. The number of hydrogen-bond donors (Lipinski definition) is 1. The summed E-state index contributed by atoms with van der Waals surface area (Å²) in [5, 5.41) is 7.20. The largest absolute Gasteiger partial charge is 0.434 e. The first-order valence-electron chi connectivity index (χ1n) is 6.77. The molecule has 0 unspecified atom stereocenters. The van der Waals surface area contributed by atoms with E-state index in [4.69, 9.17) is 4.42 Å². The quantitative estimate of drug-likeness (QED) is 0.927. The van der Waals surface area contributed by atoms with Crippen molar-refractivity contribution in [2.45, 2.75) is 38.5 Å². The van der Waals surface area contributed by atoms with Crippen LogP contribution in [0.1, 0.15) is 50.2 Å². The second-order valence-corrected chi connectivity index (χ2v) is 6.06. The molecule has 2 aromatic heterocycles. The zero-order valence-electron chi connectivity index (χ0n) is 11.5. The number of aromatic amines is 1. The fraction of sp³-hybridized carbons (Fsp3) is 0.667. The van der Waals surface area contributed by atoms with Crippen LogP contribution in [0.25, 0.3) is 0 Å². The van der Waals surface area contributed by atoms with Gasteiger partial charge in [-0.15, -0.1) is 5.10 Å². The Bertz CT molecular complexity index is 632. The minimum atomic E-state index is -0.491. The van der Waals surface area contributed by atoms with Crippen LogP contribution >= 0.6 is 11.5 Å². The van der Waals surface area contributed by atoms with Gasteiger partial charge in [0, 0.05) is 30.5 Å². The van der Waals surface area contributed by atoms with Gasteiger partial charge in [0.25, 0.3) is 0 Å². The molecule has 1 N–H and O–H groups in total. The first-order valence-corrected chi connectivity index (χ1v) is 7.55. The minimum absolute atomic E-state index is 0.133. The highest BCUT2D eigenvalue weighted by atomic mass is 32.1. The molecule has 1 aliphatic heterocycles. The van der Waals surface area contributed by atoms with Gasteiger partial charge in [-0.2, -0.15) is 4.37 Å². The molecular formula is C12H17N5O2S. The minimum Gasteiger partial charge on any atom is -0.392 e. The van der Waals surface area contributed by atoms with Gasteiger partial charge >= 0.3 is 5.76 Å². The van der Waals surface area contributed by atoms with Crippen molar-refractivity contribution in [3.05, 3.63) is 22.3 Å². The molecule has 0 spiro atoms. The summed E-state index contributed by atoms with van der Waals surface area (Å²) >= 11 is 1.43. The average Bonchev–Trinajstić information content (AvgIpc) is 3.07. The summed E-state index contributed by atoms with van der Waals surface area (Å²) < 4.78 is 9.46. The van der Waals surface area contributed by atoms with Gasteiger partial charge in [-0.25, -0.2) is 14.9 Å². The zero-order chi connectivity index (χ0) is 14.1. The fourth-order valence-corrected chi connectivity index (χ4v) is 3.20. The Hall–Kier alpha value is -1.70. The highest BCUT2D eigenvalue weighted by Crippen LogP contribution is 2.30. The van der Waals surface area contributed by atoms with E-state index >= 15 is 0 Å². The Kier molecular flexibility index (Phi) is 3.56. The van der Waals surface area contributed by atoms with Crippen LogP contribution in [0.15, 0.2) is 9.21 Å². The summed E-state index contributed by atoms with van der Waals surface area (Å²) in [7, 11) is 0. The van der Waals surface area contributed by atoms with Gasteiger partial charge in [0.1, 0.15) is 5.82 Å². The van der Waals surface area contributed by atoms with Crippen molar-refractivity contribution in [3.8, 4) is 0 Å². The van der Waals surface area contributed by atoms with Crippen LogP contribution < -0.4 is 10.7 Å². The lowest BCUT2D eigenvalue weighted by Gasteiger charge is -2.30. The molecule has 2 aromatic rings. The molecule has 7 nitrogen and oxygen atoms in total. The maximum absolute atomic E-state index is 11.0.